The van der Waals surface area contributed by atoms with Crippen LogP contribution in [0.25, 0.3) is 0 Å². The molecule has 164 valence electrons. The molecule has 0 saturated heterocycles. The maximum atomic E-state index is 11.8. The Hall–Kier alpha value is -0.910. The molecule has 8 atom stereocenters. The van der Waals surface area contributed by atoms with Gasteiger partial charge < -0.3 is 20.1 Å². The van der Waals surface area contributed by atoms with Crippen molar-refractivity contribution in [1.29, 1.82) is 0 Å². The molecule has 0 aromatic heterocycles. The van der Waals surface area contributed by atoms with Gasteiger partial charge >= 0.3 is 5.97 Å². The van der Waals surface area contributed by atoms with Gasteiger partial charge in [0.1, 0.15) is 6.61 Å². The molecule has 0 aromatic rings. The Morgan fingerprint density at radius 2 is 1.97 bits per heavy atom. The van der Waals surface area contributed by atoms with Crippen LogP contribution in [0.1, 0.15) is 78.1 Å². The number of carbonyl (C=O) groups is 1. The van der Waals surface area contributed by atoms with Gasteiger partial charge in [0.2, 0.25) is 0 Å². The highest BCUT2D eigenvalue weighted by Gasteiger charge is 2.58. The topological polar surface area (TPSA) is 87.0 Å². The van der Waals surface area contributed by atoms with Crippen molar-refractivity contribution in [3.63, 3.8) is 0 Å². The predicted octanol–water partition coefficient (Wildman–Crippen LogP) is 3.36. The van der Waals surface area contributed by atoms with Gasteiger partial charge in [0.05, 0.1) is 17.8 Å². The molecule has 0 amide bonds. The predicted molar refractivity (Wildman–Crippen MR) is 110 cm³/mol. The minimum atomic E-state index is -0.843. The number of carbonyl (C=O) groups excluding carboxylic acids is 1. The van der Waals surface area contributed by atoms with Crippen LogP contribution in [0.2, 0.25) is 0 Å². The molecule has 3 N–H and O–H groups in total. The summed E-state index contributed by atoms with van der Waals surface area (Å²) in [7, 11) is 0. The standard InChI is InChI=1S/C24H38O5/c1-3-15(16-10-22(27)29-14-16)6-9-24(28)13-19(26)12-21-20(24)5-4-17-11-18(25)7-8-23(17,21)2/h10,15,17-21,25-26,28H,3-9,11-14H2,1-2H3/t15-,17-,18?,19-,20-,21+,23+,24-/m1/s1. The summed E-state index contributed by atoms with van der Waals surface area (Å²) in [6.07, 6.45) is 9.38. The number of fused-ring (bicyclic) bond motifs is 3. The van der Waals surface area contributed by atoms with E-state index in [1.54, 1.807) is 6.08 Å². The van der Waals surface area contributed by atoms with Crippen molar-refractivity contribution in [2.75, 3.05) is 6.61 Å². The molecule has 1 aliphatic heterocycles. The summed E-state index contributed by atoms with van der Waals surface area (Å²) in [5.41, 5.74) is 0.311. The Morgan fingerprint density at radius 1 is 1.17 bits per heavy atom. The Labute approximate surface area is 174 Å². The third-order valence-corrected chi connectivity index (χ3v) is 9.10. The minimum absolute atomic E-state index is 0.107. The summed E-state index contributed by atoms with van der Waals surface area (Å²) >= 11 is 0. The first-order valence-electron chi connectivity index (χ1n) is 11.7. The first-order valence-corrected chi connectivity index (χ1v) is 11.7. The average molecular weight is 407 g/mol. The van der Waals surface area contributed by atoms with Crippen molar-refractivity contribution in [3.8, 4) is 0 Å². The smallest absolute Gasteiger partial charge is 0.331 e. The molecular weight excluding hydrogens is 368 g/mol. The number of aliphatic hydroxyl groups is 3. The highest BCUT2D eigenvalue weighted by Crippen LogP contribution is 2.61. The fourth-order valence-electron chi connectivity index (χ4n) is 7.38. The molecule has 3 saturated carbocycles. The van der Waals surface area contributed by atoms with Crippen LogP contribution in [0, 0.1) is 29.1 Å². The van der Waals surface area contributed by atoms with Crippen LogP contribution in [-0.4, -0.2) is 45.7 Å². The Kier molecular flexibility index (Phi) is 5.86. The van der Waals surface area contributed by atoms with Crippen LogP contribution < -0.4 is 0 Å². The number of hydrogen-bond donors (Lipinski definition) is 3. The van der Waals surface area contributed by atoms with E-state index in [4.69, 9.17) is 4.74 Å². The Morgan fingerprint density at radius 3 is 2.66 bits per heavy atom. The van der Waals surface area contributed by atoms with Crippen molar-refractivity contribution in [2.24, 2.45) is 29.1 Å². The second-order valence-corrected chi connectivity index (χ2v) is 10.6. The average Bonchev–Trinajstić information content (AvgIpc) is 3.09. The lowest BCUT2D eigenvalue weighted by Gasteiger charge is -2.60. The number of ether oxygens (including phenoxy) is 1. The summed E-state index contributed by atoms with van der Waals surface area (Å²) < 4.78 is 5.09. The quantitative estimate of drug-likeness (QED) is 0.610. The molecule has 4 aliphatic rings. The second-order valence-electron chi connectivity index (χ2n) is 10.6. The normalized spacial score (nSPS) is 45.8. The molecular formula is C24H38O5. The van der Waals surface area contributed by atoms with Crippen LogP contribution in [0.4, 0.5) is 0 Å². The molecule has 3 aliphatic carbocycles. The van der Waals surface area contributed by atoms with Gasteiger partial charge in [0.25, 0.3) is 0 Å². The molecule has 1 heterocycles. The molecule has 0 aromatic carbocycles. The van der Waals surface area contributed by atoms with Gasteiger partial charge in [-0.3, -0.25) is 0 Å². The van der Waals surface area contributed by atoms with Gasteiger partial charge in [-0.05, 0) is 92.4 Å². The van der Waals surface area contributed by atoms with Crippen LogP contribution in [0.5, 0.6) is 0 Å². The molecule has 1 unspecified atom stereocenters. The molecule has 0 bridgehead atoms. The van der Waals surface area contributed by atoms with E-state index < -0.39 is 11.7 Å². The van der Waals surface area contributed by atoms with Crippen molar-refractivity contribution < 1.29 is 24.9 Å². The molecule has 29 heavy (non-hydrogen) atoms. The highest BCUT2D eigenvalue weighted by molar-refractivity contribution is 5.85. The zero-order valence-electron chi connectivity index (χ0n) is 18.0. The van der Waals surface area contributed by atoms with Crippen molar-refractivity contribution >= 4 is 5.97 Å². The largest absolute Gasteiger partial charge is 0.458 e. The number of esters is 1. The van der Waals surface area contributed by atoms with Gasteiger partial charge in [-0.15, -0.1) is 0 Å². The van der Waals surface area contributed by atoms with Crippen LogP contribution >= 0.6 is 0 Å². The van der Waals surface area contributed by atoms with Gasteiger partial charge in [-0.1, -0.05) is 13.8 Å². The van der Waals surface area contributed by atoms with Crippen LogP contribution in [0.15, 0.2) is 11.6 Å². The van der Waals surface area contributed by atoms with Crippen LogP contribution in [0.3, 0.4) is 0 Å². The van der Waals surface area contributed by atoms with Gasteiger partial charge in [-0.2, -0.15) is 0 Å². The van der Waals surface area contributed by atoms with Gasteiger partial charge in [0, 0.05) is 12.5 Å². The zero-order valence-corrected chi connectivity index (χ0v) is 18.0. The number of cyclic esters (lactones) is 1. The first-order chi connectivity index (χ1) is 13.7. The highest BCUT2D eigenvalue weighted by atomic mass is 16.5. The summed E-state index contributed by atoms with van der Waals surface area (Å²) in [6, 6.07) is 0. The van der Waals surface area contributed by atoms with E-state index >= 15 is 0 Å². The van der Waals surface area contributed by atoms with Crippen molar-refractivity contribution in [1.82, 2.24) is 0 Å². The molecule has 0 spiro atoms. The zero-order chi connectivity index (χ0) is 20.8. The molecule has 5 heteroatoms. The van der Waals surface area contributed by atoms with E-state index in [9.17, 15) is 20.1 Å². The van der Waals surface area contributed by atoms with E-state index in [-0.39, 0.29) is 29.3 Å². The number of aliphatic hydroxyl groups excluding tert-OH is 2. The Bertz CT molecular complexity index is 660. The fraction of sp³-hybridized carbons (Fsp3) is 0.875. The first kappa shape index (κ1) is 21.3. The monoisotopic (exact) mass is 406 g/mol. The van der Waals surface area contributed by atoms with Gasteiger partial charge in [-0.25, -0.2) is 4.79 Å². The Balaban J connectivity index is 1.51. The number of rotatable bonds is 5. The minimum Gasteiger partial charge on any atom is -0.458 e. The molecule has 4 rings (SSSR count). The van der Waals surface area contributed by atoms with Crippen molar-refractivity contribution in [2.45, 2.75) is 95.9 Å². The van der Waals surface area contributed by atoms with Crippen LogP contribution in [-0.2, 0) is 9.53 Å². The SMILES string of the molecule is CC[C@H](CC[C@@]1(O)C[C@H](O)C[C@H]2[C@H]1CC[C@@H]1CC(O)CC[C@@]12C)C1=CC(=O)OC1. The summed E-state index contributed by atoms with van der Waals surface area (Å²) in [5, 5.41) is 32.7. The summed E-state index contributed by atoms with van der Waals surface area (Å²) in [4.78, 5) is 11.5. The summed E-state index contributed by atoms with van der Waals surface area (Å²) in [6.45, 7) is 4.85. The second kappa shape index (κ2) is 7.97. The lowest BCUT2D eigenvalue weighted by molar-refractivity contribution is -0.187. The van der Waals surface area contributed by atoms with E-state index in [1.165, 1.54) is 0 Å². The fourth-order valence-corrected chi connectivity index (χ4v) is 7.38. The summed E-state index contributed by atoms with van der Waals surface area (Å²) in [5.74, 6) is 1.03. The number of hydrogen-bond acceptors (Lipinski definition) is 5. The van der Waals surface area contributed by atoms with E-state index in [0.29, 0.717) is 31.3 Å². The van der Waals surface area contributed by atoms with E-state index in [0.717, 1.165) is 56.9 Å². The lowest BCUT2D eigenvalue weighted by Crippen LogP contribution is -2.59. The molecule has 0 radical (unpaired) electrons. The van der Waals surface area contributed by atoms with Gasteiger partial charge in [0.15, 0.2) is 0 Å². The molecule has 5 nitrogen and oxygen atoms in total. The molecule has 3 fully saturated rings. The third-order valence-electron chi connectivity index (χ3n) is 9.10. The van der Waals surface area contributed by atoms with E-state index in [1.807, 2.05) is 0 Å². The maximum absolute atomic E-state index is 11.8. The third kappa shape index (κ3) is 3.90. The van der Waals surface area contributed by atoms with Crippen molar-refractivity contribution in [3.05, 3.63) is 11.6 Å². The maximum Gasteiger partial charge on any atom is 0.331 e. The lowest BCUT2D eigenvalue weighted by atomic mass is 9.46. The van der Waals surface area contributed by atoms with E-state index in [2.05, 4.69) is 13.8 Å².